The highest BCUT2D eigenvalue weighted by Crippen LogP contribution is 2.23. The van der Waals surface area contributed by atoms with Crippen molar-refractivity contribution >= 4 is 6.21 Å². The molecule has 2 rings (SSSR count). The van der Waals surface area contributed by atoms with Gasteiger partial charge in [0.15, 0.2) is 0 Å². The maximum absolute atomic E-state index is 12.1. The fourth-order valence-electron chi connectivity index (χ4n) is 1.75. The smallest absolute Gasteiger partial charge is 0.406 e. The molecule has 0 aliphatic heterocycles. The largest absolute Gasteiger partial charge is 0.573 e. The summed E-state index contributed by atoms with van der Waals surface area (Å²) >= 11 is 0. The fourth-order valence-corrected chi connectivity index (χ4v) is 1.75. The molecule has 0 amide bonds. The van der Waals surface area contributed by atoms with Gasteiger partial charge in [-0.15, -0.1) is 13.2 Å². The van der Waals surface area contributed by atoms with Gasteiger partial charge in [0.25, 0.3) is 0 Å². The Hall–Kier alpha value is -3.01. The molecule has 2 aromatic carbocycles. The molecular weight excluding hydrogens is 309 g/mol. The minimum absolute atomic E-state index is 0.0275. The van der Waals surface area contributed by atoms with Crippen molar-refractivity contribution in [3.63, 3.8) is 0 Å². The van der Waals surface area contributed by atoms with Gasteiger partial charge in [0.05, 0.1) is 17.8 Å². The number of oxime groups is 1. The molecule has 0 heterocycles. The molecule has 0 atom stereocenters. The lowest BCUT2D eigenvalue weighted by molar-refractivity contribution is -0.274. The van der Waals surface area contributed by atoms with Gasteiger partial charge in [0.1, 0.15) is 12.4 Å². The van der Waals surface area contributed by atoms with Crippen molar-refractivity contribution in [2.24, 2.45) is 5.16 Å². The highest BCUT2D eigenvalue weighted by atomic mass is 19.4. The number of nitrogens with zero attached hydrogens (tertiary/aromatic N) is 2. The lowest BCUT2D eigenvalue weighted by atomic mass is 10.1. The molecule has 0 fully saturated rings. The lowest BCUT2D eigenvalue weighted by Gasteiger charge is -2.09. The molecule has 0 spiro atoms. The van der Waals surface area contributed by atoms with Crippen LogP contribution in [0.4, 0.5) is 13.2 Å². The molecule has 7 heteroatoms. The van der Waals surface area contributed by atoms with Crippen LogP contribution in [0.1, 0.15) is 16.7 Å². The fraction of sp³-hybridized carbons (Fsp3) is 0.125. The minimum atomic E-state index is -4.74. The first kappa shape index (κ1) is 16.4. The number of nitriles is 1. The molecule has 2 aromatic rings. The maximum Gasteiger partial charge on any atom is 0.573 e. The van der Waals surface area contributed by atoms with E-state index >= 15 is 0 Å². The molecule has 0 saturated carbocycles. The average Bonchev–Trinajstić information content (AvgIpc) is 2.50. The minimum Gasteiger partial charge on any atom is -0.406 e. The van der Waals surface area contributed by atoms with Crippen molar-refractivity contribution in [1.29, 1.82) is 5.26 Å². The Morgan fingerprint density at radius 3 is 2.65 bits per heavy atom. The van der Waals surface area contributed by atoms with E-state index in [1.807, 2.05) is 6.07 Å². The normalized spacial score (nSPS) is 11.2. The summed E-state index contributed by atoms with van der Waals surface area (Å²) in [6.45, 7) is -0.0275. The van der Waals surface area contributed by atoms with Crippen molar-refractivity contribution in [3.05, 3.63) is 65.2 Å². The van der Waals surface area contributed by atoms with E-state index in [9.17, 15) is 13.2 Å². The van der Waals surface area contributed by atoms with Crippen LogP contribution in [-0.4, -0.2) is 12.6 Å². The number of ether oxygens (including phenoxy) is 1. The summed E-state index contributed by atoms with van der Waals surface area (Å²) in [4.78, 5) is 5.03. The Morgan fingerprint density at radius 1 is 1.13 bits per heavy atom. The lowest BCUT2D eigenvalue weighted by Crippen LogP contribution is -2.17. The van der Waals surface area contributed by atoms with Crippen molar-refractivity contribution in [2.75, 3.05) is 0 Å². The number of benzene rings is 2. The predicted molar refractivity (Wildman–Crippen MR) is 76.7 cm³/mol. The first-order chi connectivity index (χ1) is 11.0. The summed E-state index contributed by atoms with van der Waals surface area (Å²) in [6, 6.07) is 14.2. The van der Waals surface area contributed by atoms with Gasteiger partial charge in [0, 0.05) is 5.56 Å². The summed E-state index contributed by atoms with van der Waals surface area (Å²) in [7, 11) is 0. The third-order valence-electron chi connectivity index (χ3n) is 2.71. The topological polar surface area (TPSA) is 54.6 Å². The van der Waals surface area contributed by atoms with E-state index in [1.54, 1.807) is 30.3 Å². The number of rotatable bonds is 5. The van der Waals surface area contributed by atoms with Gasteiger partial charge in [-0.3, -0.25) is 0 Å². The van der Waals surface area contributed by atoms with Crippen LogP contribution in [0.5, 0.6) is 5.75 Å². The molecule has 23 heavy (non-hydrogen) atoms. The van der Waals surface area contributed by atoms with Crippen molar-refractivity contribution in [3.8, 4) is 11.8 Å². The highest BCUT2D eigenvalue weighted by molar-refractivity contribution is 5.82. The Balaban J connectivity index is 1.95. The first-order valence-electron chi connectivity index (χ1n) is 6.47. The van der Waals surface area contributed by atoms with Crippen LogP contribution >= 0.6 is 0 Å². The molecule has 0 N–H and O–H groups in total. The number of alkyl halides is 3. The van der Waals surface area contributed by atoms with E-state index < -0.39 is 6.36 Å². The Labute approximate surface area is 130 Å². The number of halogens is 3. The molecule has 0 aromatic heterocycles. The zero-order valence-corrected chi connectivity index (χ0v) is 11.7. The van der Waals surface area contributed by atoms with Gasteiger partial charge in [0.2, 0.25) is 0 Å². The molecule has 0 radical (unpaired) electrons. The summed E-state index contributed by atoms with van der Waals surface area (Å²) in [6.07, 6.45) is -3.37. The maximum atomic E-state index is 12.1. The van der Waals surface area contributed by atoms with Crippen LogP contribution in [0.2, 0.25) is 0 Å². The summed E-state index contributed by atoms with van der Waals surface area (Å²) in [5.41, 5.74) is 1.50. The van der Waals surface area contributed by atoms with Crippen molar-refractivity contribution < 1.29 is 22.7 Å². The zero-order chi connectivity index (χ0) is 16.7. The summed E-state index contributed by atoms with van der Waals surface area (Å²) in [5, 5.41) is 12.6. The van der Waals surface area contributed by atoms with Gasteiger partial charge < -0.3 is 9.57 Å². The summed E-state index contributed by atoms with van der Waals surface area (Å²) < 4.78 is 40.2. The van der Waals surface area contributed by atoms with Gasteiger partial charge in [-0.05, 0) is 23.8 Å². The van der Waals surface area contributed by atoms with E-state index in [4.69, 9.17) is 10.1 Å². The molecule has 0 bridgehead atoms. The third-order valence-corrected chi connectivity index (χ3v) is 2.71. The molecule has 4 nitrogen and oxygen atoms in total. The van der Waals surface area contributed by atoms with Gasteiger partial charge in [-0.2, -0.15) is 5.26 Å². The van der Waals surface area contributed by atoms with Gasteiger partial charge in [-0.1, -0.05) is 35.5 Å². The Morgan fingerprint density at radius 2 is 1.91 bits per heavy atom. The third kappa shape index (κ3) is 5.36. The summed E-state index contributed by atoms with van der Waals surface area (Å²) in [5.74, 6) is -0.322. The molecule has 0 aliphatic rings. The second-order valence-electron chi connectivity index (χ2n) is 4.40. The SMILES string of the molecule is N#Cc1ccccc1C=NOCc1cccc(OC(F)(F)F)c1. The van der Waals surface area contributed by atoms with E-state index in [0.29, 0.717) is 16.7 Å². The molecule has 0 unspecified atom stereocenters. The predicted octanol–water partition coefficient (Wildman–Crippen LogP) is 4.01. The van der Waals surface area contributed by atoms with Gasteiger partial charge >= 0.3 is 6.36 Å². The van der Waals surface area contributed by atoms with E-state index in [2.05, 4.69) is 9.89 Å². The van der Waals surface area contributed by atoms with E-state index in [-0.39, 0.29) is 12.4 Å². The van der Waals surface area contributed by atoms with Gasteiger partial charge in [-0.25, -0.2) is 0 Å². The van der Waals surface area contributed by atoms with Crippen LogP contribution < -0.4 is 4.74 Å². The van der Waals surface area contributed by atoms with Crippen LogP contribution in [0.25, 0.3) is 0 Å². The highest BCUT2D eigenvalue weighted by Gasteiger charge is 2.31. The average molecular weight is 320 g/mol. The standard InChI is InChI=1S/C16H11F3N2O2/c17-16(18,19)23-15-7-3-4-12(8-15)11-22-21-10-14-6-2-1-5-13(14)9-20/h1-8,10H,11H2. The van der Waals surface area contributed by atoms with Crippen LogP contribution in [0.15, 0.2) is 53.7 Å². The second-order valence-corrected chi connectivity index (χ2v) is 4.40. The first-order valence-corrected chi connectivity index (χ1v) is 6.47. The molecule has 0 aliphatic carbocycles. The van der Waals surface area contributed by atoms with Crippen LogP contribution in [-0.2, 0) is 11.4 Å². The molecule has 118 valence electrons. The monoisotopic (exact) mass is 320 g/mol. The Kier molecular flexibility index (Phi) is 5.20. The molecular formula is C16H11F3N2O2. The van der Waals surface area contributed by atoms with Crippen LogP contribution in [0.3, 0.4) is 0 Å². The van der Waals surface area contributed by atoms with Crippen LogP contribution in [0, 0.1) is 11.3 Å². The van der Waals surface area contributed by atoms with E-state index in [1.165, 1.54) is 24.4 Å². The van der Waals surface area contributed by atoms with E-state index in [0.717, 1.165) is 0 Å². The van der Waals surface area contributed by atoms with Crippen molar-refractivity contribution in [1.82, 2.24) is 0 Å². The second kappa shape index (κ2) is 7.31. The number of hydrogen-bond donors (Lipinski definition) is 0. The zero-order valence-electron chi connectivity index (χ0n) is 11.7. The van der Waals surface area contributed by atoms with Crippen molar-refractivity contribution in [2.45, 2.75) is 13.0 Å². The number of hydrogen-bond acceptors (Lipinski definition) is 4. The molecule has 0 saturated heterocycles. The quantitative estimate of drug-likeness (QED) is 0.618. The Bertz CT molecular complexity index is 737.